The monoisotopic (exact) mass is 391 g/mol. The van der Waals surface area contributed by atoms with Crippen LogP contribution in [0.5, 0.6) is 0 Å². The Bertz CT molecular complexity index is 756. The SMILES string of the molecule is Cl.O=C(CC1COCCN1)Nc1ccc(-c2nnc3n2CCCCC3)cc1. The minimum absolute atomic E-state index is 0. The fourth-order valence-corrected chi connectivity index (χ4v) is 3.59. The number of hydrogen-bond acceptors (Lipinski definition) is 5. The van der Waals surface area contributed by atoms with E-state index in [0.717, 1.165) is 42.4 Å². The van der Waals surface area contributed by atoms with Crippen LogP contribution >= 0.6 is 12.4 Å². The highest BCUT2D eigenvalue weighted by atomic mass is 35.5. The van der Waals surface area contributed by atoms with Crippen molar-refractivity contribution in [3.8, 4) is 11.4 Å². The molecular formula is C19H26ClN5O2. The van der Waals surface area contributed by atoms with E-state index in [9.17, 15) is 4.79 Å². The summed E-state index contributed by atoms with van der Waals surface area (Å²) in [5.74, 6) is 2.00. The van der Waals surface area contributed by atoms with Crippen LogP contribution in [0.3, 0.4) is 0 Å². The molecule has 1 amide bonds. The number of nitrogens with zero attached hydrogens (tertiary/aromatic N) is 3. The molecule has 8 heteroatoms. The largest absolute Gasteiger partial charge is 0.378 e. The minimum Gasteiger partial charge on any atom is -0.378 e. The fourth-order valence-electron chi connectivity index (χ4n) is 3.59. The average Bonchev–Trinajstić information content (AvgIpc) is 2.91. The molecule has 0 spiro atoms. The van der Waals surface area contributed by atoms with Gasteiger partial charge in [0.15, 0.2) is 5.82 Å². The zero-order chi connectivity index (χ0) is 17.8. The van der Waals surface area contributed by atoms with Crippen LogP contribution in [0.1, 0.15) is 31.5 Å². The summed E-state index contributed by atoms with van der Waals surface area (Å²) in [6.45, 7) is 3.08. The molecular weight excluding hydrogens is 366 g/mol. The highest BCUT2D eigenvalue weighted by Gasteiger charge is 2.18. The van der Waals surface area contributed by atoms with Gasteiger partial charge in [-0.1, -0.05) is 6.42 Å². The molecule has 146 valence electrons. The third-order valence-corrected chi connectivity index (χ3v) is 4.97. The number of amides is 1. The number of rotatable bonds is 4. The van der Waals surface area contributed by atoms with E-state index in [1.165, 1.54) is 19.3 Å². The second-order valence-electron chi connectivity index (χ2n) is 6.96. The van der Waals surface area contributed by atoms with Crippen molar-refractivity contribution in [2.75, 3.05) is 25.1 Å². The summed E-state index contributed by atoms with van der Waals surface area (Å²) in [6, 6.07) is 7.95. The van der Waals surface area contributed by atoms with Crippen molar-refractivity contribution in [2.24, 2.45) is 0 Å². The van der Waals surface area contributed by atoms with E-state index in [1.54, 1.807) is 0 Å². The van der Waals surface area contributed by atoms with Crippen molar-refractivity contribution in [3.05, 3.63) is 30.1 Å². The quantitative estimate of drug-likeness (QED) is 0.836. The molecule has 0 radical (unpaired) electrons. The van der Waals surface area contributed by atoms with Crippen molar-refractivity contribution in [1.82, 2.24) is 20.1 Å². The van der Waals surface area contributed by atoms with E-state index in [4.69, 9.17) is 4.74 Å². The topological polar surface area (TPSA) is 81.1 Å². The number of nitrogens with one attached hydrogen (secondary N) is 2. The number of halogens is 1. The van der Waals surface area contributed by atoms with Gasteiger partial charge in [-0.3, -0.25) is 4.79 Å². The Balaban J connectivity index is 0.00000210. The first-order chi connectivity index (χ1) is 12.8. The van der Waals surface area contributed by atoms with E-state index >= 15 is 0 Å². The van der Waals surface area contributed by atoms with Gasteiger partial charge in [0.25, 0.3) is 0 Å². The minimum atomic E-state index is -0.00269. The number of morpholine rings is 1. The lowest BCUT2D eigenvalue weighted by Crippen LogP contribution is -2.43. The van der Waals surface area contributed by atoms with E-state index in [-0.39, 0.29) is 24.4 Å². The number of carbonyl (C=O) groups is 1. The first kappa shape index (κ1) is 19.8. The highest BCUT2D eigenvalue weighted by Crippen LogP contribution is 2.24. The molecule has 1 unspecified atom stereocenters. The summed E-state index contributed by atoms with van der Waals surface area (Å²) in [5, 5.41) is 15.0. The Hall–Kier alpha value is -1.96. The van der Waals surface area contributed by atoms with Crippen molar-refractivity contribution in [1.29, 1.82) is 0 Å². The van der Waals surface area contributed by atoms with Gasteiger partial charge in [0.2, 0.25) is 5.91 Å². The van der Waals surface area contributed by atoms with Crippen LogP contribution in [-0.4, -0.2) is 46.5 Å². The molecule has 7 nitrogen and oxygen atoms in total. The van der Waals surface area contributed by atoms with E-state index in [0.29, 0.717) is 19.6 Å². The molecule has 2 aliphatic heterocycles. The number of benzene rings is 1. The molecule has 1 saturated heterocycles. The van der Waals surface area contributed by atoms with Gasteiger partial charge in [-0.2, -0.15) is 0 Å². The first-order valence-corrected chi connectivity index (χ1v) is 9.43. The van der Waals surface area contributed by atoms with Gasteiger partial charge in [0.1, 0.15) is 5.82 Å². The van der Waals surface area contributed by atoms with Crippen molar-refractivity contribution >= 4 is 24.0 Å². The normalized spacial score (nSPS) is 19.5. The molecule has 2 N–H and O–H groups in total. The molecule has 3 heterocycles. The summed E-state index contributed by atoms with van der Waals surface area (Å²) >= 11 is 0. The molecule has 27 heavy (non-hydrogen) atoms. The number of ether oxygens (including phenoxy) is 1. The van der Waals surface area contributed by atoms with Crippen LogP contribution in [0.25, 0.3) is 11.4 Å². The van der Waals surface area contributed by atoms with Crippen LogP contribution in [0.15, 0.2) is 24.3 Å². The third-order valence-electron chi connectivity index (χ3n) is 4.97. The van der Waals surface area contributed by atoms with Gasteiger partial charge in [-0.15, -0.1) is 22.6 Å². The summed E-state index contributed by atoms with van der Waals surface area (Å²) < 4.78 is 7.62. The van der Waals surface area contributed by atoms with Gasteiger partial charge in [-0.05, 0) is 37.1 Å². The average molecular weight is 392 g/mol. The Morgan fingerprint density at radius 3 is 2.85 bits per heavy atom. The van der Waals surface area contributed by atoms with Gasteiger partial charge >= 0.3 is 0 Å². The number of aryl methyl sites for hydroxylation is 1. The van der Waals surface area contributed by atoms with Crippen LogP contribution < -0.4 is 10.6 Å². The zero-order valence-corrected chi connectivity index (χ0v) is 16.1. The Morgan fingerprint density at radius 1 is 1.22 bits per heavy atom. The maximum atomic E-state index is 12.2. The Morgan fingerprint density at radius 2 is 2.07 bits per heavy atom. The molecule has 1 aromatic carbocycles. The van der Waals surface area contributed by atoms with Gasteiger partial charge in [0, 0.05) is 43.2 Å². The molecule has 2 aromatic rings. The predicted octanol–water partition coefficient (Wildman–Crippen LogP) is 2.41. The van der Waals surface area contributed by atoms with Crippen LogP contribution in [-0.2, 0) is 22.5 Å². The predicted molar refractivity (Wildman–Crippen MR) is 106 cm³/mol. The van der Waals surface area contributed by atoms with E-state index in [2.05, 4.69) is 25.4 Å². The van der Waals surface area contributed by atoms with Crippen LogP contribution in [0.2, 0.25) is 0 Å². The van der Waals surface area contributed by atoms with E-state index < -0.39 is 0 Å². The molecule has 4 rings (SSSR count). The molecule has 0 bridgehead atoms. The number of aromatic nitrogens is 3. The standard InChI is InChI=1S/C19H25N5O2.ClH/c25-18(12-16-13-26-11-9-20-16)21-15-7-5-14(6-8-15)19-23-22-17-4-2-1-3-10-24(17)19;/h5-8,16,20H,1-4,9-13H2,(H,21,25);1H. The van der Waals surface area contributed by atoms with Gasteiger partial charge < -0.3 is 19.9 Å². The van der Waals surface area contributed by atoms with Crippen molar-refractivity contribution in [3.63, 3.8) is 0 Å². The lowest BCUT2D eigenvalue weighted by atomic mass is 10.1. The third kappa shape index (κ3) is 4.86. The highest BCUT2D eigenvalue weighted by molar-refractivity contribution is 5.91. The molecule has 1 fully saturated rings. The fraction of sp³-hybridized carbons (Fsp3) is 0.526. The molecule has 1 atom stereocenters. The Kier molecular flexibility index (Phi) is 6.82. The number of fused-ring (bicyclic) bond motifs is 1. The maximum Gasteiger partial charge on any atom is 0.226 e. The van der Waals surface area contributed by atoms with Crippen LogP contribution in [0, 0.1) is 0 Å². The summed E-state index contributed by atoms with van der Waals surface area (Å²) in [4.78, 5) is 12.2. The number of anilines is 1. The second-order valence-corrected chi connectivity index (χ2v) is 6.96. The molecule has 0 saturated carbocycles. The second kappa shape index (κ2) is 9.30. The Labute approximate surface area is 165 Å². The van der Waals surface area contributed by atoms with Gasteiger partial charge in [0.05, 0.1) is 13.2 Å². The summed E-state index contributed by atoms with van der Waals surface area (Å²) in [6.07, 6.45) is 5.02. The molecule has 0 aliphatic carbocycles. The number of carbonyl (C=O) groups excluding carboxylic acids is 1. The molecule has 2 aliphatic rings. The summed E-state index contributed by atoms with van der Waals surface area (Å²) in [7, 11) is 0. The van der Waals surface area contributed by atoms with Crippen molar-refractivity contribution in [2.45, 2.75) is 44.7 Å². The molecule has 1 aromatic heterocycles. The van der Waals surface area contributed by atoms with Crippen LogP contribution in [0.4, 0.5) is 5.69 Å². The van der Waals surface area contributed by atoms with E-state index in [1.807, 2.05) is 24.3 Å². The zero-order valence-electron chi connectivity index (χ0n) is 15.3. The first-order valence-electron chi connectivity index (χ1n) is 9.43. The van der Waals surface area contributed by atoms with Crippen molar-refractivity contribution < 1.29 is 9.53 Å². The van der Waals surface area contributed by atoms with Gasteiger partial charge in [-0.25, -0.2) is 0 Å². The number of hydrogen-bond donors (Lipinski definition) is 2. The lowest BCUT2D eigenvalue weighted by molar-refractivity contribution is -0.117. The smallest absolute Gasteiger partial charge is 0.226 e. The summed E-state index contributed by atoms with van der Waals surface area (Å²) in [5.41, 5.74) is 1.83. The lowest BCUT2D eigenvalue weighted by Gasteiger charge is -2.23. The maximum absolute atomic E-state index is 12.2.